The summed E-state index contributed by atoms with van der Waals surface area (Å²) in [4.78, 5) is 16.9. The maximum atomic E-state index is 13.1. The van der Waals surface area contributed by atoms with Gasteiger partial charge in [0.2, 0.25) is 5.91 Å². The van der Waals surface area contributed by atoms with E-state index in [1.165, 1.54) is 30.6 Å². The number of carbonyl (C=O) groups is 1. The summed E-state index contributed by atoms with van der Waals surface area (Å²) in [5, 5.41) is 3.23. The van der Waals surface area contributed by atoms with Crippen LogP contribution in [0.3, 0.4) is 0 Å². The van der Waals surface area contributed by atoms with Crippen LogP contribution < -0.4 is 11.1 Å². The first kappa shape index (κ1) is 16.5. The van der Waals surface area contributed by atoms with E-state index in [9.17, 15) is 9.18 Å². The molecule has 3 N–H and O–H groups in total. The monoisotopic (exact) mass is 323 g/mol. The zero-order valence-electron chi connectivity index (χ0n) is 12.2. The van der Waals surface area contributed by atoms with Gasteiger partial charge in [0.1, 0.15) is 5.82 Å². The van der Waals surface area contributed by atoms with Crippen LogP contribution in [-0.2, 0) is 16.0 Å². The molecular weight excluding hydrogens is 305 g/mol. The smallest absolute Gasteiger partial charge is 0.228 e. The predicted molar refractivity (Wildman–Crippen MR) is 84.4 cm³/mol. The Kier molecular flexibility index (Phi) is 6.00. The molecule has 0 fully saturated rings. The van der Waals surface area contributed by atoms with Gasteiger partial charge in [-0.3, -0.25) is 4.79 Å². The first-order valence-electron chi connectivity index (χ1n) is 6.82. The lowest BCUT2D eigenvalue weighted by Gasteiger charge is -2.11. The molecule has 7 heteroatoms. The van der Waals surface area contributed by atoms with Crippen LogP contribution >= 0.6 is 11.3 Å². The largest absolute Gasteiger partial charge is 0.380 e. The Labute approximate surface area is 132 Å². The second-order valence-electron chi connectivity index (χ2n) is 4.78. The SMILES string of the molecule is COC(CN)CC(=O)Nc1ncc(Cc2cccc(F)c2)s1. The summed E-state index contributed by atoms with van der Waals surface area (Å²) in [7, 11) is 1.52. The van der Waals surface area contributed by atoms with Gasteiger partial charge in [-0.05, 0) is 17.7 Å². The zero-order valence-corrected chi connectivity index (χ0v) is 13.0. The van der Waals surface area contributed by atoms with Gasteiger partial charge in [-0.25, -0.2) is 9.37 Å². The average molecular weight is 323 g/mol. The molecule has 0 aliphatic carbocycles. The highest BCUT2D eigenvalue weighted by Crippen LogP contribution is 2.21. The minimum atomic E-state index is -0.299. The molecular formula is C15H18FN3O2S. The molecule has 118 valence electrons. The molecule has 1 heterocycles. The van der Waals surface area contributed by atoms with Crippen LogP contribution in [0.2, 0.25) is 0 Å². The molecule has 2 rings (SSSR count). The summed E-state index contributed by atoms with van der Waals surface area (Å²) >= 11 is 1.37. The number of rotatable bonds is 7. The van der Waals surface area contributed by atoms with Crippen molar-refractivity contribution in [2.24, 2.45) is 5.73 Å². The quantitative estimate of drug-likeness (QED) is 0.819. The van der Waals surface area contributed by atoms with Crippen molar-refractivity contribution in [2.45, 2.75) is 18.9 Å². The normalized spacial score (nSPS) is 12.1. The first-order chi connectivity index (χ1) is 10.6. The zero-order chi connectivity index (χ0) is 15.9. The molecule has 0 saturated heterocycles. The van der Waals surface area contributed by atoms with E-state index in [0.717, 1.165) is 10.4 Å². The summed E-state index contributed by atoms with van der Waals surface area (Å²) in [5.74, 6) is -0.452. The summed E-state index contributed by atoms with van der Waals surface area (Å²) in [5.41, 5.74) is 6.34. The molecule has 1 aromatic carbocycles. The van der Waals surface area contributed by atoms with Gasteiger partial charge in [0.15, 0.2) is 5.13 Å². The second kappa shape index (κ2) is 7.98. The van der Waals surface area contributed by atoms with Crippen LogP contribution in [0.5, 0.6) is 0 Å². The first-order valence-corrected chi connectivity index (χ1v) is 7.64. The third kappa shape index (κ3) is 4.87. The number of nitrogens with zero attached hydrogens (tertiary/aromatic N) is 1. The average Bonchev–Trinajstić information content (AvgIpc) is 2.91. The number of amides is 1. The van der Waals surface area contributed by atoms with Crippen LogP contribution in [0.15, 0.2) is 30.5 Å². The highest BCUT2D eigenvalue weighted by atomic mass is 32.1. The Morgan fingerprint density at radius 2 is 2.36 bits per heavy atom. The fraction of sp³-hybridized carbons (Fsp3) is 0.333. The number of methoxy groups -OCH3 is 1. The lowest BCUT2D eigenvalue weighted by atomic mass is 10.1. The van der Waals surface area contributed by atoms with E-state index >= 15 is 0 Å². The number of hydrogen-bond acceptors (Lipinski definition) is 5. The number of thiazole rings is 1. The van der Waals surface area contributed by atoms with E-state index < -0.39 is 0 Å². The molecule has 0 radical (unpaired) electrons. The number of anilines is 1. The fourth-order valence-electron chi connectivity index (χ4n) is 1.94. The highest BCUT2D eigenvalue weighted by molar-refractivity contribution is 7.15. The summed E-state index contributed by atoms with van der Waals surface area (Å²) in [6.07, 6.45) is 2.15. The van der Waals surface area contributed by atoms with Crippen molar-refractivity contribution in [3.05, 3.63) is 46.7 Å². The van der Waals surface area contributed by atoms with Crippen LogP contribution in [0.1, 0.15) is 16.9 Å². The van der Waals surface area contributed by atoms with Gasteiger partial charge in [0.05, 0.1) is 12.5 Å². The maximum Gasteiger partial charge on any atom is 0.228 e. The van der Waals surface area contributed by atoms with Gasteiger partial charge in [-0.1, -0.05) is 12.1 Å². The summed E-state index contributed by atoms with van der Waals surface area (Å²) < 4.78 is 18.2. The van der Waals surface area contributed by atoms with Crippen molar-refractivity contribution in [2.75, 3.05) is 19.0 Å². The number of hydrogen-bond donors (Lipinski definition) is 2. The van der Waals surface area contributed by atoms with Crippen molar-refractivity contribution < 1.29 is 13.9 Å². The van der Waals surface area contributed by atoms with Crippen molar-refractivity contribution >= 4 is 22.4 Å². The molecule has 0 bridgehead atoms. The van der Waals surface area contributed by atoms with Crippen molar-refractivity contribution in [1.82, 2.24) is 4.98 Å². The molecule has 0 saturated carbocycles. The van der Waals surface area contributed by atoms with Crippen LogP contribution in [0, 0.1) is 5.82 Å². The second-order valence-corrected chi connectivity index (χ2v) is 5.90. The number of nitrogens with two attached hydrogens (primary N) is 1. The standard InChI is InChI=1S/C15H18FN3O2S/c1-21-12(8-17)7-14(20)19-15-18-9-13(22-15)6-10-3-2-4-11(16)5-10/h2-5,9,12H,6-8,17H2,1H3,(H,18,19,20). The molecule has 0 spiro atoms. The third-order valence-corrected chi connectivity index (χ3v) is 3.99. The molecule has 22 heavy (non-hydrogen) atoms. The molecule has 1 aromatic heterocycles. The number of aromatic nitrogens is 1. The number of halogens is 1. The topological polar surface area (TPSA) is 77.2 Å². The highest BCUT2D eigenvalue weighted by Gasteiger charge is 2.13. The molecule has 0 aliphatic rings. The predicted octanol–water partition coefficient (Wildman–Crippen LogP) is 2.18. The van der Waals surface area contributed by atoms with Crippen molar-refractivity contribution in [3.8, 4) is 0 Å². The van der Waals surface area contributed by atoms with E-state index in [-0.39, 0.29) is 30.8 Å². The molecule has 1 atom stereocenters. The van der Waals surface area contributed by atoms with E-state index in [4.69, 9.17) is 10.5 Å². The Morgan fingerprint density at radius 3 is 3.05 bits per heavy atom. The Bertz CT molecular complexity index is 629. The Hall–Kier alpha value is -1.83. The van der Waals surface area contributed by atoms with Gasteiger partial charge in [0, 0.05) is 31.1 Å². The van der Waals surface area contributed by atoms with Gasteiger partial charge in [-0.2, -0.15) is 0 Å². The van der Waals surface area contributed by atoms with E-state index in [1.807, 2.05) is 6.07 Å². The lowest BCUT2D eigenvalue weighted by molar-refractivity contribution is -0.118. The van der Waals surface area contributed by atoms with Gasteiger partial charge < -0.3 is 15.8 Å². The third-order valence-electron chi connectivity index (χ3n) is 3.08. The Balaban J connectivity index is 1.92. The fourth-order valence-corrected chi connectivity index (χ4v) is 2.80. The number of nitrogens with one attached hydrogen (secondary N) is 1. The molecule has 1 unspecified atom stereocenters. The molecule has 2 aromatic rings. The van der Waals surface area contributed by atoms with Gasteiger partial charge in [0.25, 0.3) is 0 Å². The Morgan fingerprint density at radius 1 is 1.55 bits per heavy atom. The summed E-state index contributed by atoms with van der Waals surface area (Å²) in [6.45, 7) is 0.284. The van der Waals surface area contributed by atoms with Crippen molar-refractivity contribution in [1.29, 1.82) is 0 Å². The van der Waals surface area contributed by atoms with Gasteiger partial charge in [-0.15, -0.1) is 11.3 Å². The number of carbonyl (C=O) groups excluding carboxylic acids is 1. The number of benzene rings is 1. The maximum absolute atomic E-state index is 13.1. The molecule has 0 aliphatic heterocycles. The van der Waals surface area contributed by atoms with Crippen molar-refractivity contribution in [3.63, 3.8) is 0 Å². The lowest BCUT2D eigenvalue weighted by Crippen LogP contribution is -2.28. The molecule has 5 nitrogen and oxygen atoms in total. The van der Waals surface area contributed by atoms with Crippen LogP contribution in [0.4, 0.5) is 9.52 Å². The van der Waals surface area contributed by atoms with E-state index in [0.29, 0.717) is 11.6 Å². The van der Waals surface area contributed by atoms with E-state index in [2.05, 4.69) is 10.3 Å². The molecule has 1 amide bonds. The van der Waals surface area contributed by atoms with Crippen LogP contribution in [-0.4, -0.2) is 30.6 Å². The minimum absolute atomic E-state index is 0.186. The van der Waals surface area contributed by atoms with E-state index in [1.54, 1.807) is 12.3 Å². The van der Waals surface area contributed by atoms with Gasteiger partial charge >= 0.3 is 0 Å². The van der Waals surface area contributed by atoms with Crippen LogP contribution in [0.25, 0.3) is 0 Å². The number of ether oxygens (including phenoxy) is 1. The summed E-state index contributed by atoms with van der Waals surface area (Å²) in [6, 6.07) is 6.42. The minimum Gasteiger partial charge on any atom is -0.380 e.